The summed E-state index contributed by atoms with van der Waals surface area (Å²) in [5.74, 6) is 0.0978. The van der Waals surface area contributed by atoms with E-state index in [1.807, 2.05) is 0 Å². The highest BCUT2D eigenvalue weighted by atomic mass is 16.1. The highest BCUT2D eigenvalue weighted by Crippen LogP contribution is 2.35. The van der Waals surface area contributed by atoms with E-state index in [0.717, 1.165) is 13.0 Å². The zero-order chi connectivity index (χ0) is 15.3. The van der Waals surface area contributed by atoms with Crippen molar-refractivity contribution in [1.82, 2.24) is 5.32 Å². The lowest BCUT2D eigenvalue weighted by Crippen LogP contribution is -2.24. The molecule has 0 radical (unpaired) electrons. The van der Waals surface area contributed by atoms with Crippen LogP contribution in [0.25, 0.3) is 0 Å². The van der Waals surface area contributed by atoms with Crippen LogP contribution in [0.5, 0.6) is 0 Å². The average Bonchev–Trinajstić information content (AvgIpc) is 2.40. The van der Waals surface area contributed by atoms with Crippen molar-refractivity contribution in [2.24, 2.45) is 5.41 Å². The van der Waals surface area contributed by atoms with E-state index in [1.165, 1.54) is 64.2 Å². The summed E-state index contributed by atoms with van der Waals surface area (Å²) in [6.07, 6.45) is 14.5. The minimum atomic E-state index is 0.0978. The zero-order valence-corrected chi connectivity index (χ0v) is 14.4. The van der Waals surface area contributed by atoms with Gasteiger partial charge in [-0.2, -0.15) is 0 Å². The second-order valence-corrected chi connectivity index (χ2v) is 6.66. The van der Waals surface area contributed by atoms with E-state index in [0.29, 0.717) is 5.41 Å². The van der Waals surface area contributed by atoms with E-state index >= 15 is 0 Å². The summed E-state index contributed by atoms with van der Waals surface area (Å²) in [5.41, 5.74) is 0.487. The molecule has 0 aromatic rings. The molecule has 1 N–H and O–H groups in total. The number of carbonyl (C=O) groups excluding carboxylic acids is 1. The maximum atomic E-state index is 10.9. The van der Waals surface area contributed by atoms with Crippen LogP contribution in [0.1, 0.15) is 98.3 Å². The fourth-order valence-electron chi connectivity index (χ4n) is 2.93. The van der Waals surface area contributed by atoms with Crippen LogP contribution in [0.2, 0.25) is 0 Å². The quantitative estimate of drug-likeness (QED) is 0.447. The molecule has 0 fully saturated rings. The van der Waals surface area contributed by atoms with Gasteiger partial charge in [-0.25, -0.2) is 0 Å². The zero-order valence-electron chi connectivity index (χ0n) is 14.4. The molecule has 0 heterocycles. The Morgan fingerprint density at radius 2 is 1.35 bits per heavy atom. The average molecular weight is 283 g/mol. The highest BCUT2D eigenvalue weighted by Gasteiger charge is 2.22. The number of carbonyl (C=O) groups is 1. The van der Waals surface area contributed by atoms with Crippen molar-refractivity contribution in [3.05, 3.63) is 0 Å². The molecular formula is C18H37NO. The number of amides is 1. The van der Waals surface area contributed by atoms with Crippen LogP contribution in [0.15, 0.2) is 0 Å². The number of nitrogens with one attached hydrogen (secondary N) is 1. The summed E-state index contributed by atoms with van der Waals surface area (Å²) in [6, 6.07) is 0. The van der Waals surface area contributed by atoms with Crippen LogP contribution in [-0.2, 0) is 4.79 Å². The first-order valence-electron chi connectivity index (χ1n) is 8.78. The van der Waals surface area contributed by atoms with Gasteiger partial charge in [-0.1, -0.05) is 65.7 Å². The van der Waals surface area contributed by atoms with Gasteiger partial charge in [-0.3, -0.25) is 4.79 Å². The Hall–Kier alpha value is -0.530. The number of unbranched alkanes of at least 4 members (excludes halogenated alkanes) is 5. The fourth-order valence-corrected chi connectivity index (χ4v) is 2.93. The van der Waals surface area contributed by atoms with Crippen LogP contribution < -0.4 is 5.32 Å². The molecule has 0 saturated heterocycles. The van der Waals surface area contributed by atoms with Gasteiger partial charge in [0.05, 0.1) is 0 Å². The molecule has 0 aromatic carbocycles. The van der Waals surface area contributed by atoms with E-state index in [2.05, 4.69) is 26.1 Å². The Bertz CT molecular complexity index is 240. The second kappa shape index (κ2) is 12.2. The van der Waals surface area contributed by atoms with Gasteiger partial charge in [0, 0.05) is 13.5 Å². The largest absolute Gasteiger partial charge is 0.356 e. The third kappa shape index (κ3) is 11.3. The van der Waals surface area contributed by atoms with Gasteiger partial charge in [-0.15, -0.1) is 0 Å². The number of rotatable bonds is 13. The van der Waals surface area contributed by atoms with Crippen molar-refractivity contribution in [1.29, 1.82) is 0 Å². The molecule has 1 atom stereocenters. The van der Waals surface area contributed by atoms with Gasteiger partial charge < -0.3 is 5.32 Å². The van der Waals surface area contributed by atoms with Crippen molar-refractivity contribution >= 4 is 5.91 Å². The maximum absolute atomic E-state index is 10.9. The fraction of sp³-hybridized carbons (Fsp3) is 0.944. The van der Waals surface area contributed by atoms with E-state index in [9.17, 15) is 4.79 Å². The molecule has 0 spiro atoms. The predicted molar refractivity (Wildman–Crippen MR) is 88.9 cm³/mol. The third-order valence-corrected chi connectivity index (χ3v) is 4.35. The Balaban J connectivity index is 4.04. The predicted octanol–water partition coefficient (Wildman–Crippen LogP) is 5.46. The summed E-state index contributed by atoms with van der Waals surface area (Å²) in [5, 5.41) is 2.92. The number of hydrogen-bond acceptors (Lipinski definition) is 1. The van der Waals surface area contributed by atoms with Gasteiger partial charge >= 0.3 is 0 Å². The first-order chi connectivity index (χ1) is 9.54. The molecule has 0 aromatic heterocycles. The molecule has 120 valence electrons. The SMILES string of the molecule is CCCCCCC(C)(CCCCC)CCCNC(C)=O. The standard InChI is InChI=1S/C18H37NO/c1-5-7-9-11-14-18(4,13-10-8-6-2)15-12-16-19-17(3)20/h5-16H2,1-4H3,(H,19,20). The first-order valence-corrected chi connectivity index (χ1v) is 8.78. The smallest absolute Gasteiger partial charge is 0.216 e. The van der Waals surface area contributed by atoms with Crippen LogP contribution in [0.4, 0.5) is 0 Å². The molecule has 0 aliphatic carbocycles. The normalized spacial score (nSPS) is 14.0. The van der Waals surface area contributed by atoms with Crippen molar-refractivity contribution in [2.45, 2.75) is 98.3 Å². The van der Waals surface area contributed by atoms with Gasteiger partial charge in [0.15, 0.2) is 0 Å². The molecule has 0 aliphatic rings. The molecule has 2 heteroatoms. The van der Waals surface area contributed by atoms with Crippen molar-refractivity contribution in [3.8, 4) is 0 Å². The van der Waals surface area contributed by atoms with Crippen molar-refractivity contribution < 1.29 is 4.79 Å². The first kappa shape index (κ1) is 19.5. The van der Waals surface area contributed by atoms with E-state index < -0.39 is 0 Å². The molecule has 0 bridgehead atoms. The van der Waals surface area contributed by atoms with Crippen LogP contribution in [0.3, 0.4) is 0 Å². The Morgan fingerprint density at radius 1 is 0.850 bits per heavy atom. The maximum Gasteiger partial charge on any atom is 0.216 e. The Labute approximate surface area is 127 Å². The monoisotopic (exact) mass is 283 g/mol. The summed E-state index contributed by atoms with van der Waals surface area (Å²) < 4.78 is 0. The molecule has 1 amide bonds. The van der Waals surface area contributed by atoms with Gasteiger partial charge in [-0.05, 0) is 31.1 Å². The minimum absolute atomic E-state index is 0.0978. The lowest BCUT2D eigenvalue weighted by molar-refractivity contribution is -0.118. The number of hydrogen-bond donors (Lipinski definition) is 1. The van der Waals surface area contributed by atoms with Gasteiger partial charge in [0.2, 0.25) is 5.91 Å². The summed E-state index contributed by atoms with van der Waals surface area (Å²) in [4.78, 5) is 10.9. The Morgan fingerprint density at radius 3 is 1.90 bits per heavy atom. The summed E-state index contributed by atoms with van der Waals surface area (Å²) in [6.45, 7) is 9.45. The molecule has 0 aliphatic heterocycles. The molecule has 0 rings (SSSR count). The van der Waals surface area contributed by atoms with Crippen molar-refractivity contribution in [2.75, 3.05) is 6.54 Å². The minimum Gasteiger partial charge on any atom is -0.356 e. The summed E-state index contributed by atoms with van der Waals surface area (Å²) in [7, 11) is 0. The third-order valence-electron chi connectivity index (χ3n) is 4.35. The molecule has 0 saturated carbocycles. The lowest BCUT2D eigenvalue weighted by Gasteiger charge is -2.30. The molecular weight excluding hydrogens is 246 g/mol. The van der Waals surface area contributed by atoms with Crippen LogP contribution in [0, 0.1) is 5.41 Å². The van der Waals surface area contributed by atoms with E-state index in [4.69, 9.17) is 0 Å². The van der Waals surface area contributed by atoms with Crippen molar-refractivity contribution in [3.63, 3.8) is 0 Å². The van der Waals surface area contributed by atoms with Crippen LogP contribution >= 0.6 is 0 Å². The van der Waals surface area contributed by atoms with E-state index in [1.54, 1.807) is 6.92 Å². The molecule has 2 nitrogen and oxygen atoms in total. The van der Waals surface area contributed by atoms with E-state index in [-0.39, 0.29) is 5.91 Å². The molecule has 20 heavy (non-hydrogen) atoms. The Kier molecular flexibility index (Phi) is 11.9. The summed E-state index contributed by atoms with van der Waals surface area (Å²) >= 11 is 0. The van der Waals surface area contributed by atoms with Gasteiger partial charge in [0.25, 0.3) is 0 Å². The topological polar surface area (TPSA) is 29.1 Å². The highest BCUT2D eigenvalue weighted by molar-refractivity contribution is 5.72. The lowest BCUT2D eigenvalue weighted by atomic mass is 9.76. The second-order valence-electron chi connectivity index (χ2n) is 6.66. The molecule has 1 unspecified atom stereocenters. The van der Waals surface area contributed by atoms with Gasteiger partial charge in [0.1, 0.15) is 0 Å². The van der Waals surface area contributed by atoms with Crippen LogP contribution in [-0.4, -0.2) is 12.5 Å².